The molecule has 0 rings (SSSR count). The van der Waals surface area contributed by atoms with E-state index in [1.807, 2.05) is 11.8 Å². The number of hydrogen-bond acceptors (Lipinski definition) is 2. The summed E-state index contributed by atoms with van der Waals surface area (Å²) in [7, 11) is 2.09. The van der Waals surface area contributed by atoms with E-state index in [1.165, 1.54) is 5.75 Å². The van der Waals surface area contributed by atoms with Crippen LogP contribution >= 0.6 is 27.7 Å². The van der Waals surface area contributed by atoms with Crippen LogP contribution in [0.2, 0.25) is 0 Å². The number of alkyl halides is 1. The molecule has 0 saturated heterocycles. The molecule has 0 amide bonds. The van der Waals surface area contributed by atoms with Gasteiger partial charge >= 0.3 is 0 Å². The van der Waals surface area contributed by atoms with Crippen LogP contribution in [0.5, 0.6) is 0 Å². The molecule has 0 aromatic heterocycles. The second-order valence-corrected chi connectivity index (χ2v) is 3.34. The third-order valence-electron chi connectivity index (χ3n) is 0.720. The zero-order valence-electron chi connectivity index (χ0n) is 5.35. The van der Waals surface area contributed by atoms with E-state index in [-0.39, 0.29) is 0 Å². The summed E-state index contributed by atoms with van der Waals surface area (Å²) in [6, 6.07) is 0. The number of rotatable bonds is 4. The van der Waals surface area contributed by atoms with Gasteiger partial charge in [-0.3, -0.25) is 4.90 Å². The van der Waals surface area contributed by atoms with Crippen molar-refractivity contribution in [2.75, 3.05) is 24.1 Å². The fourth-order valence-corrected chi connectivity index (χ4v) is 1.28. The summed E-state index contributed by atoms with van der Waals surface area (Å²) in [5.74, 6) is 2.33. The van der Waals surface area contributed by atoms with Crippen LogP contribution in [-0.4, -0.2) is 29.0 Å². The van der Waals surface area contributed by atoms with E-state index in [9.17, 15) is 0 Å². The van der Waals surface area contributed by atoms with E-state index in [1.54, 1.807) is 0 Å². The largest absolute Gasteiger partial charge is 0.287 e. The van der Waals surface area contributed by atoms with Gasteiger partial charge in [0.25, 0.3) is 0 Å². The zero-order valence-corrected chi connectivity index (χ0v) is 7.76. The SMILES string of the molecule is CCSCN(C)CBr. The summed E-state index contributed by atoms with van der Waals surface area (Å²) in [4.78, 5) is 2.22. The summed E-state index contributed by atoms with van der Waals surface area (Å²) < 4.78 is 0. The van der Waals surface area contributed by atoms with Crippen molar-refractivity contribution >= 4 is 27.7 Å². The van der Waals surface area contributed by atoms with Gasteiger partial charge in [-0.05, 0) is 12.8 Å². The molecule has 0 unspecified atom stereocenters. The van der Waals surface area contributed by atoms with Crippen molar-refractivity contribution < 1.29 is 0 Å². The van der Waals surface area contributed by atoms with Crippen molar-refractivity contribution in [3.8, 4) is 0 Å². The minimum atomic E-state index is 0.972. The molecule has 0 N–H and O–H groups in total. The molecule has 0 aliphatic rings. The van der Waals surface area contributed by atoms with E-state index in [2.05, 4.69) is 34.8 Å². The van der Waals surface area contributed by atoms with Crippen LogP contribution in [0.25, 0.3) is 0 Å². The molecule has 0 fully saturated rings. The molecule has 0 aromatic carbocycles. The van der Waals surface area contributed by atoms with Gasteiger partial charge in [0.1, 0.15) is 0 Å². The van der Waals surface area contributed by atoms with Crippen LogP contribution in [-0.2, 0) is 0 Å². The first-order valence-electron chi connectivity index (χ1n) is 2.63. The summed E-state index contributed by atoms with van der Waals surface area (Å²) >= 11 is 5.29. The van der Waals surface area contributed by atoms with Crippen LogP contribution in [0.3, 0.4) is 0 Å². The topological polar surface area (TPSA) is 3.24 Å². The second-order valence-electron chi connectivity index (χ2n) is 1.60. The highest BCUT2D eigenvalue weighted by Crippen LogP contribution is 2.01. The Morgan fingerprint density at radius 2 is 2.25 bits per heavy atom. The molecule has 1 nitrogen and oxygen atoms in total. The van der Waals surface area contributed by atoms with Gasteiger partial charge in [0.15, 0.2) is 0 Å². The third kappa shape index (κ3) is 4.94. The average Bonchev–Trinajstić information content (AvgIpc) is 1.83. The first-order valence-corrected chi connectivity index (χ1v) is 4.91. The van der Waals surface area contributed by atoms with Gasteiger partial charge in [-0.2, -0.15) is 0 Å². The van der Waals surface area contributed by atoms with E-state index in [0.29, 0.717) is 0 Å². The van der Waals surface area contributed by atoms with Crippen molar-refractivity contribution in [1.29, 1.82) is 0 Å². The van der Waals surface area contributed by atoms with Gasteiger partial charge in [0, 0.05) is 5.88 Å². The Kier molecular flexibility index (Phi) is 6.50. The highest BCUT2D eigenvalue weighted by molar-refractivity contribution is 9.09. The normalized spacial score (nSPS) is 10.5. The fraction of sp³-hybridized carbons (Fsp3) is 1.00. The molecule has 0 aromatic rings. The highest BCUT2D eigenvalue weighted by atomic mass is 79.9. The summed E-state index contributed by atoms with van der Waals surface area (Å²) in [6.45, 7) is 2.17. The van der Waals surface area contributed by atoms with Crippen molar-refractivity contribution in [1.82, 2.24) is 4.90 Å². The van der Waals surface area contributed by atoms with Crippen molar-refractivity contribution in [3.63, 3.8) is 0 Å². The quantitative estimate of drug-likeness (QED) is 0.386. The fourth-order valence-electron chi connectivity index (χ4n) is 0.282. The second kappa shape index (κ2) is 5.92. The molecule has 50 valence electrons. The van der Waals surface area contributed by atoms with Crippen molar-refractivity contribution in [2.45, 2.75) is 6.92 Å². The zero-order chi connectivity index (χ0) is 6.41. The molecule has 0 aliphatic heterocycles. The lowest BCUT2D eigenvalue weighted by molar-refractivity contribution is 0.471. The molecule has 0 heterocycles. The number of hydrogen-bond donors (Lipinski definition) is 0. The monoisotopic (exact) mass is 197 g/mol. The Bertz CT molecular complexity index is 51.7. The first-order chi connectivity index (χ1) is 3.81. The number of halogens is 1. The average molecular weight is 198 g/mol. The highest BCUT2D eigenvalue weighted by Gasteiger charge is 1.90. The van der Waals surface area contributed by atoms with Crippen molar-refractivity contribution in [2.24, 2.45) is 0 Å². The third-order valence-corrected chi connectivity index (χ3v) is 2.61. The van der Waals surface area contributed by atoms with Crippen LogP contribution < -0.4 is 0 Å². The standard InChI is InChI=1S/C5H12BrNS/c1-3-8-5-7(2)4-6/h3-5H2,1-2H3. The Morgan fingerprint density at radius 3 is 2.62 bits per heavy atom. The minimum Gasteiger partial charge on any atom is -0.287 e. The van der Waals surface area contributed by atoms with Gasteiger partial charge in [0.2, 0.25) is 0 Å². The number of thioether (sulfide) groups is 1. The van der Waals surface area contributed by atoms with Gasteiger partial charge in [-0.15, -0.1) is 11.8 Å². The molecular formula is C5H12BrNS. The molecule has 3 heteroatoms. The van der Waals surface area contributed by atoms with Crippen LogP contribution in [0.1, 0.15) is 6.92 Å². The van der Waals surface area contributed by atoms with E-state index < -0.39 is 0 Å². The molecule has 0 atom stereocenters. The Morgan fingerprint density at radius 1 is 1.62 bits per heavy atom. The van der Waals surface area contributed by atoms with E-state index >= 15 is 0 Å². The molecule has 0 bridgehead atoms. The van der Waals surface area contributed by atoms with Gasteiger partial charge in [-0.25, -0.2) is 0 Å². The molecule has 0 radical (unpaired) electrons. The molecule has 0 spiro atoms. The smallest absolute Gasteiger partial charge is 0.0547 e. The summed E-state index contributed by atoms with van der Waals surface area (Å²) in [5, 5.41) is 0. The molecule has 0 saturated carbocycles. The van der Waals surface area contributed by atoms with Gasteiger partial charge < -0.3 is 0 Å². The minimum absolute atomic E-state index is 0.972. The molecule has 0 aliphatic carbocycles. The number of nitrogens with zero attached hydrogens (tertiary/aromatic N) is 1. The summed E-state index contributed by atoms with van der Waals surface area (Å²) in [5.41, 5.74) is 0.972. The van der Waals surface area contributed by atoms with Crippen LogP contribution in [0.15, 0.2) is 0 Å². The van der Waals surface area contributed by atoms with E-state index in [4.69, 9.17) is 0 Å². The summed E-state index contributed by atoms with van der Waals surface area (Å²) in [6.07, 6.45) is 0. The van der Waals surface area contributed by atoms with Crippen molar-refractivity contribution in [3.05, 3.63) is 0 Å². The van der Waals surface area contributed by atoms with E-state index in [0.717, 1.165) is 11.3 Å². The van der Waals surface area contributed by atoms with Crippen LogP contribution in [0, 0.1) is 0 Å². The first kappa shape index (κ1) is 8.79. The maximum atomic E-state index is 3.36. The molecular weight excluding hydrogens is 186 g/mol. The maximum absolute atomic E-state index is 3.36. The Labute approximate surface area is 63.9 Å². The van der Waals surface area contributed by atoms with Crippen LogP contribution in [0.4, 0.5) is 0 Å². The van der Waals surface area contributed by atoms with Gasteiger partial charge in [-0.1, -0.05) is 22.9 Å². The molecule has 8 heavy (non-hydrogen) atoms. The predicted molar refractivity (Wildman–Crippen MR) is 44.6 cm³/mol. The lowest BCUT2D eigenvalue weighted by Crippen LogP contribution is -2.14. The van der Waals surface area contributed by atoms with Gasteiger partial charge in [0.05, 0.1) is 5.45 Å². The maximum Gasteiger partial charge on any atom is 0.0547 e. The predicted octanol–water partition coefficient (Wildman–Crippen LogP) is 1.98. The Hall–Kier alpha value is 0.790. The Balaban J connectivity index is 2.86. The lowest BCUT2D eigenvalue weighted by atomic mass is 11.0. The lowest BCUT2D eigenvalue weighted by Gasteiger charge is -2.09.